The van der Waals surface area contributed by atoms with E-state index in [2.05, 4.69) is 31.1 Å². The standard InChI is InChI=1S/C14H28N2O/c1-4-14(2)9-13(6-8-17-14)15-10-12-5-7-16(3)11-12/h12-13,15H,4-11H2,1-3H3. The Morgan fingerprint density at radius 2 is 2.24 bits per heavy atom. The first-order chi connectivity index (χ1) is 8.11. The summed E-state index contributed by atoms with van der Waals surface area (Å²) in [5.41, 5.74) is 0.113. The molecule has 0 radical (unpaired) electrons. The monoisotopic (exact) mass is 240 g/mol. The van der Waals surface area contributed by atoms with Crippen LogP contribution in [0, 0.1) is 5.92 Å². The minimum atomic E-state index is 0.113. The largest absolute Gasteiger partial charge is 0.375 e. The number of rotatable bonds is 4. The van der Waals surface area contributed by atoms with Crippen molar-refractivity contribution < 1.29 is 4.74 Å². The first-order valence-electron chi connectivity index (χ1n) is 7.17. The van der Waals surface area contributed by atoms with Gasteiger partial charge in [0, 0.05) is 19.2 Å². The summed E-state index contributed by atoms with van der Waals surface area (Å²) >= 11 is 0. The van der Waals surface area contributed by atoms with Crippen LogP contribution in [0.5, 0.6) is 0 Å². The zero-order chi connectivity index (χ0) is 12.3. The molecule has 0 aromatic carbocycles. The molecule has 0 aromatic heterocycles. The van der Waals surface area contributed by atoms with Gasteiger partial charge in [-0.25, -0.2) is 0 Å². The molecule has 0 saturated carbocycles. The minimum absolute atomic E-state index is 0.113. The number of ether oxygens (including phenoxy) is 1. The maximum absolute atomic E-state index is 5.89. The third-order valence-corrected chi connectivity index (χ3v) is 4.53. The molecule has 0 amide bonds. The minimum Gasteiger partial charge on any atom is -0.375 e. The van der Waals surface area contributed by atoms with Gasteiger partial charge in [0.15, 0.2) is 0 Å². The molecule has 17 heavy (non-hydrogen) atoms. The smallest absolute Gasteiger partial charge is 0.0666 e. The summed E-state index contributed by atoms with van der Waals surface area (Å²) in [6, 6.07) is 0.666. The van der Waals surface area contributed by atoms with E-state index in [1.54, 1.807) is 0 Å². The average molecular weight is 240 g/mol. The lowest BCUT2D eigenvalue weighted by Gasteiger charge is -2.38. The van der Waals surface area contributed by atoms with Crippen LogP contribution in [-0.4, -0.2) is 49.8 Å². The van der Waals surface area contributed by atoms with E-state index >= 15 is 0 Å². The first kappa shape index (κ1) is 13.3. The second-order valence-corrected chi connectivity index (χ2v) is 6.17. The zero-order valence-corrected chi connectivity index (χ0v) is 11.7. The van der Waals surface area contributed by atoms with Crippen molar-refractivity contribution in [1.82, 2.24) is 10.2 Å². The van der Waals surface area contributed by atoms with Crippen LogP contribution < -0.4 is 5.32 Å². The Morgan fingerprint density at radius 3 is 2.88 bits per heavy atom. The summed E-state index contributed by atoms with van der Waals surface area (Å²) in [4.78, 5) is 2.44. The molecule has 2 fully saturated rings. The molecule has 2 saturated heterocycles. The number of nitrogens with zero attached hydrogens (tertiary/aromatic N) is 1. The van der Waals surface area contributed by atoms with E-state index in [0.29, 0.717) is 6.04 Å². The Kier molecular flexibility index (Phi) is 4.45. The summed E-state index contributed by atoms with van der Waals surface area (Å²) < 4.78 is 5.89. The van der Waals surface area contributed by atoms with Gasteiger partial charge >= 0.3 is 0 Å². The van der Waals surface area contributed by atoms with Crippen molar-refractivity contribution in [3.05, 3.63) is 0 Å². The van der Waals surface area contributed by atoms with Crippen molar-refractivity contribution in [2.24, 2.45) is 5.92 Å². The SMILES string of the molecule is CCC1(C)CC(NCC2CCN(C)C2)CCO1. The second kappa shape index (κ2) is 5.68. The highest BCUT2D eigenvalue weighted by Crippen LogP contribution is 2.28. The molecule has 2 aliphatic rings. The normalized spacial score (nSPS) is 39.7. The molecule has 1 N–H and O–H groups in total. The van der Waals surface area contributed by atoms with Crippen LogP contribution in [0.25, 0.3) is 0 Å². The molecular formula is C14H28N2O. The molecule has 3 nitrogen and oxygen atoms in total. The summed E-state index contributed by atoms with van der Waals surface area (Å²) in [6.45, 7) is 9.13. The Balaban J connectivity index is 1.72. The third kappa shape index (κ3) is 3.67. The van der Waals surface area contributed by atoms with Crippen molar-refractivity contribution in [1.29, 1.82) is 0 Å². The van der Waals surface area contributed by atoms with E-state index in [0.717, 1.165) is 18.9 Å². The van der Waals surface area contributed by atoms with Crippen molar-refractivity contribution in [2.75, 3.05) is 33.3 Å². The highest BCUT2D eigenvalue weighted by molar-refractivity contribution is 4.86. The van der Waals surface area contributed by atoms with Crippen LogP contribution in [0.3, 0.4) is 0 Å². The van der Waals surface area contributed by atoms with Crippen molar-refractivity contribution >= 4 is 0 Å². The summed E-state index contributed by atoms with van der Waals surface area (Å²) in [7, 11) is 2.22. The highest BCUT2D eigenvalue weighted by atomic mass is 16.5. The van der Waals surface area contributed by atoms with E-state index in [1.165, 1.54) is 38.9 Å². The van der Waals surface area contributed by atoms with Crippen LogP contribution in [-0.2, 0) is 4.74 Å². The van der Waals surface area contributed by atoms with Crippen LogP contribution in [0.2, 0.25) is 0 Å². The predicted octanol–water partition coefficient (Wildman–Crippen LogP) is 1.88. The van der Waals surface area contributed by atoms with Gasteiger partial charge in [0.2, 0.25) is 0 Å². The lowest BCUT2D eigenvalue weighted by molar-refractivity contribution is -0.0781. The van der Waals surface area contributed by atoms with E-state index in [-0.39, 0.29) is 5.60 Å². The molecule has 100 valence electrons. The van der Waals surface area contributed by atoms with E-state index < -0.39 is 0 Å². The molecular weight excluding hydrogens is 212 g/mol. The van der Waals surface area contributed by atoms with Gasteiger partial charge in [-0.2, -0.15) is 0 Å². The molecule has 3 unspecified atom stereocenters. The molecule has 0 spiro atoms. The molecule has 0 aromatic rings. The molecule has 3 heteroatoms. The van der Waals surface area contributed by atoms with Gasteiger partial charge < -0.3 is 15.0 Å². The fraction of sp³-hybridized carbons (Fsp3) is 1.00. The number of hydrogen-bond acceptors (Lipinski definition) is 3. The number of nitrogens with one attached hydrogen (secondary N) is 1. The van der Waals surface area contributed by atoms with Crippen LogP contribution >= 0.6 is 0 Å². The average Bonchev–Trinajstić information content (AvgIpc) is 2.73. The Labute approximate surface area is 106 Å². The van der Waals surface area contributed by atoms with Crippen molar-refractivity contribution in [3.63, 3.8) is 0 Å². The molecule has 2 rings (SSSR count). The van der Waals surface area contributed by atoms with Crippen LogP contribution in [0.15, 0.2) is 0 Å². The fourth-order valence-electron chi connectivity index (χ4n) is 3.08. The lowest BCUT2D eigenvalue weighted by Crippen LogP contribution is -2.46. The van der Waals surface area contributed by atoms with Gasteiger partial charge in [-0.1, -0.05) is 6.92 Å². The fourth-order valence-corrected chi connectivity index (χ4v) is 3.08. The van der Waals surface area contributed by atoms with Gasteiger partial charge in [-0.3, -0.25) is 0 Å². The topological polar surface area (TPSA) is 24.5 Å². The van der Waals surface area contributed by atoms with Gasteiger partial charge in [0.1, 0.15) is 0 Å². The number of likely N-dealkylation sites (tertiary alicyclic amines) is 1. The molecule has 0 bridgehead atoms. The Morgan fingerprint density at radius 1 is 1.41 bits per heavy atom. The van der Waals surface area contributed by atoms with Crippen LogP contribution in [0.4, 0.5) is 0 Å². The first-order valence-corrected chi connectivity index (χ1v) is 7.17. The predicted molar refractivity (Wildman–Crippen MR) is 71.3 cm³/mol. The maximum Gasteiger partial charge on any atom is 0.0666 e. The molecule has 0 aliphatic carbocycles. The van der Waals surface area contributed by atoms with Crippen molar-refractivity contribution in [2.45, 2.75) is 51.2 Å². The Hall–Kier alpha value is -0.120. The van der Waals surface area contributed by atoms with Gasteiger partial charge in [0.25, 0.3) is 0 Å². The van der Waals surface area contributed by atoms with E-state index in [1.807, 2.05) is 0 Å². The lowest BCUT2D eigenvalue weighted by atomic mass is 9.89. The molecule has 2 heterocycles. The van der Waals surface area contributed by atoms with Gasteiger partial charge in [-0.15, -0.1) is 0 Å². The van der Waals surface area contributed by atoms with Crippen molar-refractivity contribution in [3.8, 4) is 0 Å². The Bertz CT molecular complexity index is 246. The maximum atomic E-state index is 5.89. The summed E-state index contributed by atoms with van der Waals surface area (Å²) in [5.74, 6) is 0.857. The third-order valence-electron chi connectivity index (χ3n) is 4.53. The summed E-state index contributed by atoms with van der Waals surface area (Å²) in [5, 5.41) is 3.77. The van der Waals surface area contributed by atoms with E-state index in [9.17, 15) is 0 Å². The molecule has 3 atom stereocenters. The van der Waals surface area contributed by atoms with Gasteiger partial charge in [-0.05, 0) is 58.7 Å². The van der Waals surface area contributed by atoms with E-state index in [4.69, 9.17) is 4.74 Å². The van der Waals surface area contributed by atoms with Crippen LogP contribution in [0.1, 0.15) is 39.5 Å². The second-order valence-electron chi connectivity index (χ2n) is 6.17. The highest BCUT2D eigenvalue weighted by Gasteiger charge is 2.31. The molecule has 2 aliphatic heterocycles. The quantitative estimate of drug-likeness (QED) is 0.812. The summed E-state index contributed by atoms with van der Waals surface area (Å²) in [6.07, 6.45) is 4.83. The van der Waals surface area contributed by atoms with Gasteiger partial charge in [0.05, 0.1) is 5.60 Å². The zero-order valence-electron chi connectivity index (χ0n) is 11.7. The number of hydrogen-bond donors (Lipinski definition) is 1.